The van der Waals surface area contributed by atoms with Gasteiger partial charge in [0.05, 0.1) is 7.11 Å². The smallest absolute Gasteiger partial charge is 0.265 e. The van der Waals surface area contributed by atoms with Crippen molar-refractivity contribution in [2.45, 2.75) is 19.6 Å². The second-order valence-electron chi connectivity index (χ2n) is 4.83. The molecule has 0 saturated carbocycles. The molecule has 1 unspecified atom stereocenters. The highest BCUT2D eigenvalue weighted by molar-refractivity contribution is 5.94. The molecule has 2 aromatic rings. The van der Waals surface area contributed by atoms with Crippen LogP contribution in [0.1, 0.15) is 12.5 Å². The summed E-state index contributed by atoms with van der Waals surface area (Å²) < 4.78 is 10.7. The third-order valence-electron chi connectivity index (χ3n) is 3.17. The molecular formula is C17H20N2O3. The maximum atomic E-state index is 12.1. The van der Waals surface area contributed by atoms with Gasteiger partial charge in [-0.1, -0.05) is 12.1 Å². The standard InChI is InChI=1S/C17H20N2O3/c1-12(22-16-8-6-15(21-2)7-9-16)17(20)19-14-5-3-4-13(10-14)11-18/h3-10,12H,11,18H2,1-2H3,(H,19,20). The van der Waals surface area contributed by atoms with Gasteiger partial charge in [0.15, 0.2) is 6.10 Å². The minimum absolute atomic E-state index is 0.218. The maximum absolute atomic E-state index is 12.1. The summed E-state index contributed by atoms with van der Waals surface area (Å²) in [6, 6.07) is 14.5. The fourth-order valence-corrected chi connectivity index (χ4v) is 1.93. The quantitative estimate of drug-likeness (QED) is 0.860. The van der Waals surface area contributed by atoms with Crippen molar-refractivity contribution >= 4 is 11.6 Å². The number of methoxy groups -OCH3 is 1. The molecule has 0 fully saturated rings. The van der Waals surface area contributed by atoms with Gasteiger partial charge in [0.1, 0.15) is 11.5 Å². The van der Waals surface area contributed by atoms with Crippen molar-refractivity contribution in [2.24, 2.45) is 5.73 Å². The lowest BCUT2D eigenvalue weighted by atomic mass is 10.2. The number of hydrogen-bond acceptors (Lipinski definition) is 4. The number of benzene rings is 2. The Morgan fingerprint density at radius 1 is 1.18 bits per heavy atom. The molecule has 0 aliphatic carbocycles. The Bertz CT molecular complexity index is 626. The first-order chi connectivity index (χ1) is 10.6. The summed E-state index contributed by atoms with van der Waals surface area (Å²) in [5.74, 6) is 1.13. The highest BCUT2D eigenvalue weighted by Crippen LogP contribution is 2.18. The summed E-state index contributed by atoms with van der Waals surface area (Å²) in [6.45, 7) is 2.13. The Labute approximate surface area is 130 Å². The summed E-state index contributed by atoms with van der Waals surface area (Å²) >= 11 is 0. The first kappa shape index (κ1) is 15.9. The summed E-state index contributed by atoms with van der Waals surface area (Å²) in [6.07, 6.45) is -0.616. The highest BCUT2D eigenvalue weighted by atomic mass is 16.5. The SMILES string of the molecule is COc1ccc(OC(C)C(=O)Nc2cccc(CN)c2)cc1. The number of carbonyl (C=O) groups excluding carboxylic acids is 1. The predicted molar refractivity (Wildman–Crippen MR) is 86.0 cm³/mol. The van der Waals surface area contributed by atoms with Crippen LogP contribution in [0.5, 0.6) is 11.5 Å². The molecule has 0 aliphatic rings. The fraction of sp³-hybridized carbons (Fsp3) is 0.235. The molecule has 1 amide bonds. The minimum Gasteiger partial charge on any atom is -0.497 e. The van der Waals surface area contributed by atoms with Crippen LogP contribution >= 0.6 is 0 Å². The molecule has 0 aromatic heterocycles. The Morgan fingerprint density at radius 3 is 2.50 bits per heavy atom. The van der Waals surface area contributed by atoms with Crippen molar-refractivity contribution in [3.05, 3.63) is 54.1 Å². The third-order valence-corrected chi connectivity index (χ3v) is 3.17. The van der Waals surface area contributed by atoms with E-state index in [0.717, 1.165) is 11.3 Å². The van der Waals surface area contributed by atoms with Crippen molar-refractivity contribution in [2.75, 3.05) is 12.4 Å². The molecule has 22 heavy (non-hydrogen) atoms. The molecule has 116 valence electrons. The van der Waals surface area contributed by atoms with E-state index in [1.54, 1.807) is 38.3 Å². The molecule has 2 aromatic carbocycles. The molecule has 3 N–H and O–H groups in total. The normalized spacial score (nSPS) is 11.6. The van der Waals surface area contributed by atoms with Crippen LogP contribution in [0.3, 0.4) is 0 Å². The molecular weight excluding hydrogens is 280 g/mol. The van der Waals surface area contributed by atoms with Crippen LogP contribution in [0, 0.1) is 0 Å². The molecule has 5 heteroatoms. The zero-order valence-electron chi connectivity index (χ0n) is 12.7. The zero-order valence-corrected chi connectivity index (χ0v) is 12.7. The van der Waals surface area contributed by atoms with Gasteiger partial charge in [-0.25, -0.2) is 0 Å². The third kappa shape index (κ3) is 4.23. The van der Waals surface area contributed by atoms with E-state index in [-0.39, 0.29) is 5.91 Å². The number of nitrogens with one attached hydrogen (secondary N) is 1. The Kier molecular flexibility index (Phi) is 5.38. The summed E-state index contributed by atoms with van der Waals surface area (Å²) in [5.41, 5.74) is 7.25. The number of amides is 1. The van der Waals surface area contributed by atoms with E-state index in [9.17, 15) is 4.79 Å². The lowest BCUT2D eigenvalue weighted by Gasteiger charge is -2.15. The average Bonchev–Trinajstić information content (AvgIpc) is 2.55. The Balaban J connectivity index is 1.96. The van der Waals surface area contributed by atoms with Gasteiger partial charge in [-0.3, -0.25) is 4.79 Å². The Morgan fingerprint density at radius 2 is 1.86 bits per heavy atom. The van der Waals surface area contributed by atoms with Crippen molar-refractivity contribution in [1.29, 1.82) is 0 Å². The monoisotopic (exact) mass is 300 g/mol. The van der Waals surface area contributed by atoms with Gasteiger partial charge in [0.25, 0.3) is 5.91 Å². The number of ether oxygens (including phenoxy) is 2. The number of rotatable bonds is 6. The van der Waals surface area contributed by atoms with Crippen LogP contribution in [-0.2, 0) is 11.3 Å². The van der Waals surface area contributed by atoms with Crippen LogP contribution in [0.25, 0.3) is 0 Å². The van der Waals surface area contributed by atoms with Crippen molar-refractivity contribution in [3.63, 3.8) is 0 Å². The van der Waals surface area contributed by atoms with Crippen molar-refractivity contribution in [3.8, 4) is 11.5 Å². The largest absolute Gasteiger partial charge is 0.497 e. The van der Waals surface area contributed by atoms with E-state index < -0.39 is 6.10 Å². The molecule has 2 rings (SSSR count). The fourth-order valence-electron chi connectivity index (χ4n) is 1.93. The van der Waals surface area contributed by atoms with E-state index in [1.165, 1.54) is 0 Å². The number of anilines is 1. The maximum Gasteiger partial charge on any atom is 0.265 e. The van der Waals surface area contributed by atoms with E-state index >= 15 is 0 Å². The number of carbonyl (C=O) groups is 1. The summed E-state index contributed by atoms with van der Waals surface area (Å²) in [4.78, 5) is 12.1. The molecule has 1 atom stereocenters. The molecule has 0 radical (unpaired) electrons. The van der Waals surface area contributed by atoms with Crippen LogP contribution in [0.4, 0.5) is 5.69 Å². The van der Waals surface area contributed by atoms with Gasteiger partial charge in [-0.15, -0.1) is 0 Å². The second-order valence-corrected chi connectivity index (χ2v) is 4.83. The average molecular weight is 300 g/mol. The van der Waals surface area contributed by atoms with Gasteiger partial charge >= 0.3 is 0 Å². The van der Waals surface area contributed by atoms with Gasteiger partial charge in [0.2, 0.25) is 0 Å². The van der Waals surface area contributed by atoms with Gasteiger partial charge in [0, 0.05) is 12.2 Å². The van der Waals surface area contributed by atoms with Crippen LogP contribution < -0.4 is 20.5 Å². The second kappa shape index (κ2) is 7.47. The first-order valence-corrected chi connectivity index (χ1v) is 7.03. The highest BCUT2D eigenvalue weighted by Gasteiger charge is 2.15. The van der Waals surface area contributed by atoms with Crippen LogP contribution in [0.15, 0.2) is 48.5 Å². The minimum atomic E-state index is -0.616. The lowest BCUT2D eigenvalue weighted by molar-refractivity contribution is -0.122. The van der Waals surface area contributed by atoms with Crippen LogP contribution in [0.2, 0.25) is 0 Å². The zero-order chi connectivity index (χ0) is 15.9. The molecule has 0 spiro atoms. The summed E-state index contributed by atoms with van der Waals surface area (Å²) in [5, 5.41) is 2.82. The van der Waals surface area contributed by atoms with Gasteiger partial charge in [-0.2, -0.15) is 0 Å². The van der Waals surface area contributed by atoms with Crippen LogP contribution in [-0.4, -0.2) is 19.1 Å². The van der Waals surface area contributed by atoms with E-state index in [0.29, 0.717) is 18.0 Å². The molecule has 0 aliphatic heterocycles. The van der Waals surface area contributed by atoms with E-state index in [2.05, 4.69) is 5.32 Å². The Hall–Kier alpha value is -2.53. The van der Waals surface area contributed by atoms with Gasteiger partial charge < -0.3 is 20.5 Å². The topological polar surface area (TPSA) is 73.6 Å². The molecule has 5 nitrogen and oxygen atoms in total. The van der Waals surface area contributed by atoms with Gasteiger partial charge in [-0.05, 0) is 48.9 Å². The first-order valence-electron chi connectivity index (χ1n) is 7.03. The van der Waals surface area contributed by atoms with E-state index in [1.807, 2.05) is 24.3 Å². The molecule has 0 heterocycles. The predicted octanol–water partition coefficient (Wildman–Crippen LogP) is 2.56. The number of nitrogens with two attached hydrogens (primary N) is 1. The van der Waals surface area contributed by atoms with Crippen molar-refractivity contribution in [1.82, 2.24) is 0 Å². The van der Waals surface area contributed by atoms with E-state index in [4.69, 9.17) is 15.2 Å². The number of hydrogen-bond donors (Lipinski definition) is 2. The molecule has 0 bridgehead atoms. The molecule has 0 saturated heterocycles. The van der Waals surface area contributed by atoms with Crippen molar-refractivity contribution < 1.29 is 14.3 Å². The summed E-state index contributed by atoms with van der Waals surface area (Å²) in [7, 11) is 1.60. The lowest BCUT2D eigenvalue weighted by Crippen LogP contribution is -2.30.